The van der Waals surface area contributed by atoms with Gasteiger partial charge >= 0.3 is 11.9 Å². The topological polar surface area (TPSA) is 129 Å². The predicted octanol–water partition coefficient (Wildman–Crippen LogP) is 3.07. The summed E-state index contributed by atoms with van der Waals surface area (Å²) in [7, 11) is 0. The number of oxazole rings is 1. The Kier molecular flexibility index (Phi) is 5.63. The Bertz CT molecular complexity index is 1060. The van der Waals surface area contributed by atoms with E-state index in [1.165, 1.54) is 25.1 Å². The molecule has 10 nitrogen and oxygen atoms in total. The van der Waals surface area contributed by atoms with E-state index in [4.69, 9.17) is 9.25 Å². The van der Waals surface area contributed by atoms with E-state index >= 15 is 0 Å². The molecule has 0 unspecified atom stereocenters. The summed E-state index contributed by atoms with van der Waals surface area (Å²) in [6, 6.07) is 11.0. The summed E-state index contributed by atoms with van der Waals surface area (Å²) in [5.41, 5.74) is 0.277. The third-order valence-corrected chi connectivity index (χ3v) is 3.83. The van der Waals surface area contributed by atoms with Gasteiger partial charge in [0.05, 0.1) is 10.6 Å². The molecule has 148 valence electrons. The average molecular weight is 396 g/mol. The minimum Gasteiger partial charge on any atom is -0.440 e. The van der Waals surface area contributed by atoms with Crippen molar-refractivity contribution in [2.75, 3.05) is 0 Å². The standard InChI is InChI=1S/C19H16N4O6/c1-12-17(21-18(28-12)15-8-3-4-9-16(15)23(26)27)19(25)22(29-13(2)24)11-14-7-5-6-10-20-14/h3-10H,11H2,1-2H3. The van der Waals surface area contributed by atoms with Crippen molar-refractivity contribution < 1.29 is 23.8 Å². The zero-order valence-corrected chi connectivity index (χ0v) is 15.6. The number of rotatable bonds is 5. The van der Waals surface area contributed by atoms with Crippen LogP contribution >= 0.6 is 0 Å². The molecule has 1 amide bonds. The van der Waals surface area contributed by atoms with E-state index in [9.17, 15) is 19.7 Å². The van der Waals surface area contributed by atoms with E-state index < -0.39 is 16.8 Å². The normalized spacial score (nSPS) is 10.4. The third kappa shape index (κ3) is 4.43. The van der Waals surface area contributed by atoms with Crippen molar-refractivity contribution in [2.24, 2.45) is 0 Å². The number of carbonyl (C=O) groups excluding carboxylic acids is 2. The molecule has 0 aliphatic heterocycles. The minimum atomic E-state index is -0.739. The van der Waals surface area contributed by atoms with E-state index in [1.54, 1.807) is 30.5 Å². The quantitative estimate of drug-likeness (QED) is 0.475. The molecule has 3 rings (SSSR count). The van der Waals surface area contributed by atoms with Crippen LogP contribution in [0.2, 0.25) is 0 Å². The summed E-state index contributed by atoms with van der Waals surface area (Å²) in [6.45, 7) is 2.55. The molecule has 2 aromatic heterocycles. The summed E-state index contributed by atoms with van der Waals surface area (Å²) in [6.07, 6.45) is 1.54. The van der Waals surface area contributed by atoms with Crippen molar-refractivity contribution in [1.29, 1.82) is 0 Å². The number of pyridine rings is 1. The summed E-state index contributed by atoms with van der Waals surface area (Å²) < 4.78 is 5.50. The summed E-state index contributed by atoms with van der Waals surface area (Å²) >= 11 is 0. The SMILES string of the molecule is CC(=O)ON(Cc1ccccn1)C(=O)c1nc(-c2ccccc2[N+](=O)[O-])oc1C. The Morgan fingerprint density at radius 2 is 1.93 bits per heavy atom. The molecule has 0 saturated carbocycles. The lowest BCUT2D eigenvalue weighted by atomic mass is 10.2. The highest BCUT2D eigenvalue weighted by Crippen LogP contribution is 2.30. The van der Waals surface area contributed by atoms with E-state index in [0.717, 1.165) is 12.0 Å². The smallest absolute Gasteiger partial charge is 0.329 e. The molecule has 0 atom stereocenters. The second-order valence-electron chi connectivity index (χ2n) is 5.94. The van der Waals surface area contributed by atoms with Gasteiger partial charge in [-0.15, -0.1) is 0 Å². The first-order valence-electron chi connectivity index (χ1n) is 8.48. The minimum absolute atomic E-state index is 0.0845. The van der Waals surface area contributed by atoms with Crippen LogP contribution in [0.5, 0.6) is 0 Å². The molecule has 0 spiro atoms. The second-order valence-corrected chi connectivity index (χ2v) is 5.94. The number of nitrogens with zero attached hydrogens (tertiary/aromatic N) is 4. The fourth-order valence-corrected chi connectivity index (χ4v) is 2.58. The lowest BCUT2D eigenvalue weighted by Crippen LogP contribution is -2.33. The maximum Gasteiger partial charge on any atom is 0.329 e. The molecule has 0 aliphatic rings. The number of nitro groups is 1. The molecule has 29 heavy (non-hydrogen) atoms. The van der Waals surface area contributed by atoms with Crippen LogP contribution < -0.4 is 0 Å². The molecule has 0 aliphatic carbocycles. The van der Waals surface area contributed by atoms with Gasteiger partial charge in [-0.05, 0) is 25.1 Å². The molecular formula is C19H16N4O6. The van der Waals surface area contributed by atoms with Gasteiger partial charge in [0.15, 0.2) is 5.69 Å². The summed E-state index contributed by atoms with van der Waals surface area (Å²) in [5, 5.41) is 12.1. The highest BCUT2D eigenvalue weighted by molar-refractivity contribution is 5.93. The zero-order chi connectivity index (χ0) is 21.0. The molecule has 10 heteroatoms. The van der Waals surface area contributed by atoms with Crippen molar-refractivity contribution in [2.45, 2.75) is 20.4 Å². The van der Waals surface area contributed by atoms with Crippen molar-refractivity contribution in [3.05, 3.63) is 75.9 Å². The lowest BCUT2D eigenvalue weighted by molar-refractivity contribution is -0.384. The Morgan fingerprint density at radius 1 is 1.21 bits per heavy atom. The number of hydrogen-bond donors (Lipinski definition) is 0. The summed E-state index contributed by atoms with van der Waals surface area (Å²) in [5.74, 6) is -1.40. The lowest BCUT2D eigenvalue weighted by Gasteiger charge is -2.19. The monoisotopic (exact) mass is 396 g/mol. The molecule has 2 heterocycles. The average Bonchev–Trinajstić information content (AvgIpc) is 3.09. The van der Waals surface area contributed by atoms with Crippen molar-refractivity contribution in [1.82, 2.24) is 15.0 Å². The Hall–Kier alpha value is -4.08. The second kappa shape index (κ2) is 8.30. The van der Waals surface area contributed by atoms with Crippen molar-refractivity contribution in [3.63, 3.8) is 0 Å². The van der Waals surface area contributed by atoms with Gasteiger partial charge < -0.3 is 9.25 Å². The maximum absolute atomic E-state index is 12.9. The third-order valence-electron chi connectivity index (χ3n) is 3.83. The van der Waals surface area contributed by atoms with Crippen molar-refractivity contribution in [3.8, 4) is 11.5 Å². The highest BCUT2D eigenvalue weighted by Gasteiger charge is 2.28. The van der Waals surface area contributed by atoms with Crippen LogP contribution in [-0.2, 0) is 16.2 Å². The van der Waals surface area contributed by atoms with Crippen LogP contribution in [0.25, 0.3) is 11.5 Å². The van der Waals surface area contributed by atoms with E-state index in [1.807, 2.05) is 0 Å². The van der Waals surface area contributed by atoms with Crippen LogP contribution in [0.1, 0.15) is 28.9 Å². The summed E-state index contributed by atoms with van der Waals surface area (Å²) in [4.78, 5) is 48.3. The number of nitro benzene ring substituents is 1. The number of amides is 1. The molecule has 3 aromatic rings. The van der Waals surface area contributed by atoms with Gasteiger partial charge in [-0.1, -0.05) is 18.2 Å². The molecular weight excluding hydrogens is 380 g/mol. The first kappa shape index (κ1) is 19.7. The number of hydroxylamine groups is 2. The van der Waals surface area contributed by atoms with Gasteiger partial charge in [0.25, 0.3) is 5.69 Å². The first-order chi connectivity index (χ1) is 13.9. The highest BCUT2D eigenvalue weighted by atomic mass is 16.7. The fraction of sp³-hybridized carbons (Fsp3) is 0.158. The van der Waals surface area contributed by atoms with E-state index in [0.29, 0.717) is 5.69 Å². The molecule has 0 fully saturated rings. The number of para-hydroxylation sites is 1. The van der Waals surface area contributed by atoms with E-state index in [-0.39, 0.29) is 35.1 Å². The fourth-order valence-electron chi connectivity index (χ4n) is 2.58. The van der Waals surface area contributed by atoms with Crippen LogP contribution in [0, 0.1) is 17.0 Å². The number of aromatic nitrogens is 2. The van der Waals surface area contributed by atoms with Gasteiger partial charge in [0, 0.05) is 19.2 Å². The van der Waals surface area contributed by atoms with E-state index in [2.05, 4.69) is 9.97 Å². The van der Waals surface area contributed by atoms with Gasteiger partial charge in [-0.2, -0.15) is 5.06 Å². The largest absolute Gasteiger partial charge is 0.440 e. The van der Waals surface area contributed by atoms with Gasteiger partial charge in [-0.3, -0.25) is 24.7 Å². The number of hydrogen-bond acceptors (Lipinski definition) is 8. The first-order valence-corrected chi connectivity index (χ1v) is 8.48. The molecule has 0 saturated heterocycles. The molecule has 0 bridgehead atoms. The molecule has 0 N–H and O–H groups in total. The Labute approximate surface area is 164 Å². The number of aryl methyl sites for hydroxylation is 1. The molecule has 0 radical (unpaired) electrons. The van der Waals surface area contributed by atoms with Crippen molar-refractivity contribution >= 4 is 17.6 Å². The van der Waals surface area contributed by atoms with Gasteiger partial charge in [0.2, 0.25) is 5.89 Å². The predicted molar refractivity (Wildman–Crippen MR) is 99.2 cm³/mol. The van der Waals surface area contributed by atoms with Crippen LogP contribution in [-0.4, -0.2) is 31.8 Å². The van der Waals surface area contributed by atoms with Crippen LogP contribution in [0.3, 0.4) is 0 Å². The Balaban J connectivity index is 1.95. The maximum atomic E-state index is 12.9. The zero-order valence-electron chi connectivity index (χ0n) is 15.6. The van der Waals surface area contributed by atoms with Crippen LogP contribution in [0.15, 0.2) is 53.1 Å². The molecule has 1 aromatic carbocycles. The Morgan fingerprint density at radius 3 is 2.59 bits per heavy atom. The van der Waals surface area contributed by atoms with Crippen LogP contribution in [0.4, 0.5) is 5.69 Å². The van der Waals surface area contributed by atoms with Gasteiger partial charge in [-0.25, -0.2) is 4.98 Å². The number of carbonyl (C=O) groups is 2. The van der Waals surface area contributed by atoms with Gasteiger partial charge in [0.1, 0.15) is 17.9 Å². The number of benzene rings is 1.